The van der Waals surface area contributed by atoms with Crippen LogP contribution in [0.4, 0.5) is 0 Å². The summed E-state index contributed by atoms with van der Waals surface area (Å²) in [4.78, 5) is 0. The van der Waals surface area contributed by atoms with Crippen LogP contribution in [0.5, 0.6) is 0 Å². The second-order valence-corrected chi connectivity index (χ2v) is 8.45. The average Bonchev–Trinajstić information content (AvgIpc) is 2.91. The minimum Gasteiger partial charge on any atom is -0.308 e. The molecule has 1 aromatic heterocycles. The van der Waals surface area contributed by atoms with Gasteiger partial charge in [0.25, 0.3) is 0 Å². The lowest BCUT2D eigenvalue weighted by molar-refractivity contribution is 0.478. The summed E-state index contributed by atoms with van der Waals surface area (Å²) in [5.41, 5.74) is 1.35. The first-order valence-electron chi connectivity index (χ1n) is 7.69. The molecule has 0 amide bonds. The van der Waals surface area contributed by atoms with Gasteiger partial charge in [-0.25, -0.2) is 0 Å². The van der Waals surface area contributed by atoms with E-state index in [9.17, 15) is 0 Å². The van der Waals surface area contributed by atoms with Crippen LogP contribution in [0.15, 0.2) is 12.3 Å². The fourth-order valence-corrected chi connectivity index (χ4v) is 5.68. The largest absolute Gasteiger partial charge is 0.308 e. The maximum atomic E-state index is 4.45. The molecule has 0 radical (unpaired) electrons. The molecule has 2 rings (SSSR count). The van der Waals surface area contributed by atoms with Gasteiger partial charge in [0.1, 0.15) is 0 Å². The van der Waals surface area contributed by atoms with Gasteiger partial charge in [-0.1, -0.05) is 20.8 Å². The van der Waals surface area contributed by atoms with Crippen LogP contribution in [0.2, 0.25) is 0 Å². The molecular weight excluding hydrogens is 286 g/mol. The van der Waals surface area contributed by atoms with E-state index < -0.39 is 0 Å². The second kappa shape index (κ2) is 7.76. The summed E-state index contributed by atoms with van der Waals surface area (Å²) in [6, 6.07) is 2.61. The molecule has 2 heterocycles. The smallest absolute Gasteiger partial charge is 0.0620 e. The van der Waals surface area contributed by atoms with Crippen LogP contribution in [-0.2, 0) is 6.54 Å². The Balaban J connectivity index is 2.15. The quantitative estimate of drug-likeness (QED) is 0.869. The normalized spacial score (nSPS) is 28.5. The average molecular weight is 314 g/mol. The van der Waals surface area contributed by atoms with Crippen molar-refractivity contribution in [2.24, 2.45) is 0 Å². The Morgan fingerprint density at radius 1 is 1.40 bits per heavy atom. The summed E-state index contributed by atoms with van der Waals surface area (Å²) in [7, 11) is 0. The van der Waals surface area contributed by atoms with Gasteiger partial charge in [0.2, 0.25) is 0 Å². The highest BCUT2D eigenvalue weighted by atomic mass is 32.2. The summed E-state index contributed by atoms with van der Waals surface area (Å²) in [6.45, 7) is 11.1. The van der Waals surface area contributed by atoms with Crippen molar-refractivity contribution in [3.63, 3.8) is 0 Å². The summed E-state index contributed by atoms with van der Waals surface area (Å²) in [5, 5.41) is 10.3. The van der Waals surface area contributed by atoms with Gasteiger partial charge in [-0.3, -0.25) is 4.68 Å². The first kappa shape index (κ1) is 16.2. The van der Waals surface area contributed by atoms with Crippen LogP contribution in [-0.4, -0.2) is 37.8 Å². The number of nitrogens with one attached hydrogen (secondary N) is 1. The van der Waals surface area contributed by atoms with Crippen LogP contribution in [0, 0.1) is 0 Å². The van der Waals surface area contributed by atoms with Crippen molar-refractivity contribution in [1.82, 2.24) is 15.1 Å². The number of hydrogen-bond donors (Lipinski definition) is 1. The van der Waals surface area contributed by atoms with Crippen molar-refractivity contribution in [2.45, 2.75) is 62.5 Å². The minimum absolute atomic E-state index is 0.421. The number of aromatic nitrogens is 2. The number of nitrogens with zero attached hydrogens (tertiary/aromatic N) is 2. The van der Waals surface area contributed by atoms with Crippen LogP contribution < -0.4 is 5.32 Å². The van der Waals surface area contributed by atoms with Crippen LogP contribution >= 0.6 is 23.5 Å². The van der Waals surface area contributed by atoms with Crippen molar-refractivity contribution in [1.29, 1.82) is 0 Å². The maximum absolute atomic E-state index is 4.45. The van der Waals surface area contributed by atoms with Gasteiger partial charge in [-0.2, -0.15) is 28.6 Å². The molecule has 3 nitrogen and oxygen atoms in total. The summed E-state index contributed by atoms with van der Waals surface area (Å²) < 4.78 is 2.14. The van der Waals surface area contributed by atoms with E-state index in [0.717, 1.165) is 23.6 Å². The van der Waals surface area contributed by atoms with Gasteiger partial charge in [0.15, 0.2) is 0 Å². The van der Waals surface area contributed by atoms with E-state index in [4.69, 9.17) is 0 Å². The maximum Gasteiger partial charge on any atom is 0.0620 e. The van der Waals surface area contributed by atoms with Crippen molar-refractivity contribution in [2.75, 3.05) is 12.3 Å². The van der Waals surface area contributed by atoms with Gasteiger partial charge < -0.3 is 5.32 Å². The molecule has 5 heteroatoms. The Morgan fingerprint density at radius 3 is 2.85 bits per heavy atom. The first-order valence-corrected chi connectivity index (χ1v) is 9.68. The van der Waals surface area contributed by atoms with Crippen molar-refractivity contribution in [3.05, 3.63) is 18.0 Å². The standard InChI is InChI=1S/C15H27N3S2/c1-5-8-16-15(13-7-9-17-18(13)6-2)14-10-19-11(3)12(4)20-14/h7,9,11-12,14-16H,5-6,8,10H2,1-4H3. The molecule has 1 fully saturated rings. The minimum atomic E-state index is 0.421. The van der Waals surface area contributed by atoms with E-state index >= 15 is 0 Å². The van der Waals surface area contributed by atoms with Gasteiger partial charge in [0.05, 0.1) is 11.7 Å². The fraction of sp³-hybridized carbons (Fsp3) is 0.800. The van der Waals surface area contributed by atoms with E-state index in [2.05, 4.69) is 72.4 Å². The zero-order valence-corrected chi connectivity index (χ0v) is 14.6. The lowest BCUT2D eigenvalue weighted by Gasteiger charge is -2.36. The molecule has 0 aromatic carbocycles. The monoisotopic (exact) mass is 313 g/mol. The third-order valence-corrected chi connectivity index (χ3v) is 7.42. The Morgan fingerprint density at radius 2 is 2.20 bits per heavy atom. The van der Waals surface area contributed by atoms with Gasteiger partial charge in [-0.15, -0.1) is 0 Å². The molecular formula is C15H27N3S2. The number of thioether (sulfide) groups is 2. The van der Waals surface area contributed by atoms with Gasteiger partial charge in [-0.05, 0) is 26.0 Å². The number of rotatable bonds is 6. The van der Waals surface area contributed by atoms with E-state index in [1.165, 1.54) is 17.9 Å². The molecule has 4 unspecified atom stereocenters. The Bertz CT molecular complexity index is 408. The SMILES string of the molecule is CCCNC(c1ccnn1CC)C1CSC(C)C(C)S1. The van der Waals surface area contributed by atoms with E-state index in [1.807, 2.05) is 6.20 Å². The van der Waals surface area contributed by atoms with E-state index in [1.54, 1.807) is 0 Å². The molecule has 1 saturated heterocycles. The molecule has 0 spiro atoms. The van der Waals surface area contributed by atoms with E-state index in [0.29, 0.717) is 11.3 Å². The summed E-state index contributed by atoms with van der Waals surface area (Å²) in [6.07, 6.45) is 3.11. The van der Waals surface area contributed by atoms with Gasteiger partial charge >= 0.3 is 0 Å². The molecule has 1 aliphatic rings. The fourth-order valence-electron chi connectivity index (χ4n) is 2.58. The highest BCUT2D eigenvalue weighted by Crippen LogP contribution is 2.41. The second-order valence-electron chi connectivity index (χ2n) is 5.42. The molecule has 1 aliphatic heterocycles. The topological polar surface area (TPSA) is 29.9 Å². The lowest BCUT2D eigenvalue weighted by Crippen LogP contribution is -2.38. The van der Waals surface area contributed by atoms with Crippen molar-refractivity contribution in [3.8, 4) is 0 Å². The zero-order valence-electron chi connectivity index (χ0n) is 13.0. The lowest BCUT2D eigenvalue weighted by atomic mass is 10.1. The summed E-state index contributed by atoms with van der Waals surface area (Å²) >= 11 is 4.26. The molecule has 1 N–H and O–H groups in total. The van der Waals surface area contributed by atoms with Crippen molar-refractivity contribution >= 4 is 23.5 Å². The summed E-state index contributed by atoms with van der Waals surface area (Å²) in [5.74, 6) is 1.23. The molecule has 20 heavy (non-hydrogen) atoms. The van der Waals surface area contributed by atoms with E-state index in [-0.39, 0.29) is 0 Å². The highest BCUT2D eigenvalue weighted by molar-refractivity contribution is 8.07. The third kappa shape index (κ3) is 3.74. The third-order valence-electron chi connectivity index (χ3n) is 3.93. The molecule has 0 bridgehead atoms. The Hall–Kier alpha value is -0.130. The van der Waals surface area contributed by atoms with Crippen LogP contribution in [0.25, 0.3) is 0 Å². The molecule has 114 valence electrons. The number of hydrogen-bond acceptors (Lipinski definition) is 4. The molecule has 4 atom stereocenters. The van der Waals surface area contributed by atoms with Crippen molar-refractivity contribution < 1.29 is 0 Å². The van der Waals surface area contributed by atoms with Crippen LogP contribution in [0.3, 0.4) is 0 Å². The highest BCUT2D eigenvalue weighted by Gasteiger charge is 2.33. The Labute approximate surface area is 131 Å². The molecule has 1 aromatic rings. The number of aryl methyl sites for hydroxylation is 1. The molecule has 0 saturated carbocycles. The first-order chi connectivity index (χ1) is 9.67. The zero-order chi connectivity index (χ0) is 14.5. The predicted octanol–water partition coefficient (Wildman–Crippen LogP) is 3.57. The molecule has 0 aliphatic carbocycles. The predicted molar refractivity (Wildman–Crippen MR) is 91.7 cm³/mol. The van der Waals surface area contributed by atoms with Crippen LogP contribution in [0.1, 0.15) is 45.9 Å². The Kier molecular flexibility index (Phi) is 6.30. The van der Waals surface area contributed by atoms with Gasteiger partial charge in [0, 0.05) is 34.2 Å².